The predicted molar refractivity (Wildman–Crippen MR) is 92.6 cm³/mol. The minimum atomic E-state index is -3.42. The van der Waals surface area contributed by atoms with Gasteiger partial charge in [0.15, 0.2) is 0 Å². The van der Waals surface area contributed by atoms with E-state index in [1.165, 1.54) is 25.5 Å². The molecule has 0 saturated carbocycles. The molecule has 0 unspecified atom stereocenters. The van der Waals surface area contributed by atoms with E-state index in [-0.39, 0.29) is 4.90 Å². The number of esters is 1. The summed E-state index contributed by atoms with van der Waals surface area (Å²) >= 11 is 0. The summed E-state index contributed by atoms with van der Waals surface area (Å²) < 4.78 is 35.4. The number of nitrogens with one attached hydrogen (secondary N) is 1. The Labute approximate surface area is 147 Å². The number of hydrogen-bond donors (Lipinski definition) is 1. The molecule has 7 nitrogen and oxygen atoms in total. The lowest BCUT2D eigenvalue weighted by molar-refractivity contribution is 0.0599. The molecular formula is C17H22N2O5S. The molecule has 1 heterocycles. The highest BCUT2D eigenvalue weighted by Gasteiger charge is 2.17. The second-order valence-electron chi connectivity index (χ2n) is 5.71. The van der Waals surface area contributed by atoms with E-state index in [2.05, 4.69) is 10.1 Å². The van der Waals surface area contributed by atoms with Crippen LogP contribution in [0.15, 0.2) is 39.6 Å². The molecule has 2 aromatic rings. The van der Waals surface area contributed by atoms with E-state index < -0.39 is 16.0 Å². The van der Waals surface area contributed by atoms with Crippen LogP contribution in [0, 0.1) is 6.92 Å². The van der Waals surface area contributed by atoms with Crippen LogP contribution < -0.4 is 5.32 Å². The third-order valence-corrected chi connectivity index (χ3v) is 5.53. The maximum Gasteiger partial charge on any atom is 0.341 e. The average molecular weight is 366 g/mol. The lowest BCUT2D eigenvalue weighted by Gasteiger charge is -2.11. The summed E-state index contributed by atoms with van der Waals surface area (Å²) in [6.45, 7) is 2.69. The zero-order valence-corrected chi connectivity index (χ0v) is 15.5. The minimum absolute atomic E-state index is 0.255. The molecule has 0 saturated heterocycles. The van der Waals surface area contributed by atoms with Crippen molar-refractivity contribution >= 4 is 16.0 Å². The van der Waals surface area contributed by atoms with Gasteiger partial charge in [-0.05, 0) is 30.7 Å². The van der Waals surface area contributed by atoms with Crippen molar-refractivity contribution < 1.29 is 22.4 Å². The van der Waals surface area contributed by atoms with Crippen molar-refractivity contribution in [3.05, 3.63) is 53.0 Å². The average Bonchev–Trinajstić information content (AvgIpc) is 2.95. The molecule has 0 amide bonds. The first kappa shape index (κ1) is 19.2. The molecule has 0 spiro atoms. The van der Waals surface area contributed by atoms with Gasteiger partial charge < -0.3 is 14.5 Å². The Hall–Kier alpha value is -2.16. The fraction of sp³-hybridized carbons (Fsp3) is 0.353. The van der Waals surface area contributed by atoms with E-state index in [0.717, 1.165) is 5.56 Å². The number of carbonyl (C=O) groups excluding carboxylic acids is 1. The minimum Gasteiger partial charge on any atom is -0.465 e. The topological polar surface area (TPSA) is 88.8 Å². The van der Waals surface area contributed by atoms with Crippen LogP contribution in [0.3, 0.4) is 0 Å². The number of aryl methyl sites for hydroxylation is 1. The van der Waals surface area contributed by atoms with E-state index in [1.54, 1.807) is 37.3 Å². The first-order valence-electron chi connectivity index (χ1n) is 7.65. The molecule has 2 rings (SSSR count). The Balaban J connectivity index is 1.96. The van der Waals surface area contributed by atoms with Gasteiger partial charge in [0.05, 0.1) is 18.6 Å². The molecule has 1 aromatic heterocycles. The molecule has 1 N–H and O–H groups in total. The van der Waals surface area contributed by atoms with Gasteiger partial charge in [0.1, 0.15) is 17.1 Å². The van der Waals surface area contributed by atoms with Gasteiger partial charge >= 0.3 is 5.97 Å². The second kappa shape index (κ2) is 7.81. The number of rotatable bonds is 7. The number of benzene rings is 1. The standard InChI is InChI=1S/C17H22N2O5S/c1-12-16(17(20)23-4)9-14(24-12)11-18-10-13-5-7-15(8-6-13)25(21,22)19(2)3/h5-9,18H,10-11H2,1-4H3. The van der Waals surface area contributed by atoms with Gasteiger partial charge in [-0.2, -0.15) is 0 Å². The zero-order valence-electron chi connectivity index (χ0n) is 14.7. The van der Waals surface area contributed by atoms with Crippen molar-refractivity contribution in [3.63, 3.8) is 0 Å². The number of hydrogen-bond acceptors (Lipinski definition) is 6. The van der Waals surface area contributed by atoms with Crippen LogP contribution in [0.25, 0.3) is 0 Å². The fourth-order valence-electron chi connectivity index (χ4n) is 2.26. The van der Waals surface area contributed by atoms with Crippen LogP contribution in [-0.4, -0.2) is 39.9 Å². The largest absolute Gasteiger partial charge is 0.465 e. The van der Waals surface area contributed by atoms with Crippen LogP contribution in [0.1, 0.15) is 27.4 Å². The zero-order chi connectivity index (χ0) is 18.6. The molecule has 0 aliphatic rings. The SMILES string of the molecule is COC(=O)c1cc(CNCc2ccc(S(=O)(=O)N(C)C)cc2)oc1C. The lowest BCUT2D eigenvalue weighted by Crippen LogP contribution is -2.22. The van der Waals surface area contributed by atoms with Gasteiger partial charge in [0.2, 0.25) is 10.0 Å². The summed E-state index contributed by atoms with van der Waals surface area (Å²) in [6.07, 6.45) is 0. The number of furan rings is 1. The predicted octanol–water partition coefficient (Wildman–Crippen LogP) is 1.91. The van der Waals surface area contributed by atoms with Crippen molar-refractivity contribution in [2.45, 2.75) is 24.9 Å². The maximum atomic E-state index is 12.0. The molecule has 0 atom stereocenters. The number of nitrogens with zero attached hydrogens (tertiary/aromatic N) is 1. The van der Waals surface area contributed by atoms with Gasteiger partial charge in [-0.3, -0.25) is 0 Å². The highest BCUT2D eigenvalue weighted by Crippen LogP contribution is 2.16. The maximum absolute atomic E-state index is 12.0. The Kier molecular flexibility index (Phi) is 5.99. The number of carbonyl (C=O) groups is 1. The van der Waals surface area contributed by atoms with Crippen LogP contribution in [0.4, 0.5) is 0 Å². The first-order chi connectivity index (χ1) is 11.8. The molecule has 8 heteroatoms. The summed E-state index contributed by atoms with van der Waals surface area (Å²) in [6, 6.07) is 8.34. The highest BCUT2D eigenvalue weighted by molar-refractivity contribution is 7.89. The van der Waals surface area contributed by atoms with Gasteiger partial charge in [-0.1, -0.05) is 12.1 Å². The molecule has 0 radical (unpaired) electrons. The van der Waals surface area contributed by atoms with Crippen molar-refractivity contribution in [3.8, 4) is 0 Å². The summed E-state index contributed by atoms with van der Waals surface area (Å²) in [4.78, 5) is 11.8. The molecule has 136 valence electrons. The van der Waals surface area contributed by atoms with E-state index in [1.807, 2.05) is 0 Å². The molecule has 25 heavy (non-hydrogen) atoms. The summed E-state index contributed by atoms with van der Waals surface area (Å²) in [5, 5.41) is 3.19. The second-order valence-corrected chi connectivity index (χ2v) is 7.86. The third kappa shape index (κ3) is 4.47. The third-order valence-electron chi connectivity index (χ3n) is 3.70. The Morgan fingerprint density at radius 2 is 1.84 bits per heavy atom. The van der Waals surface area contributed by atoms with E-state index >= 15 is 0 Å². The molecule has 1 aromatic carbocycles. The van der Waals surface area contributed by atoms with Gasteiger partial charge in [0.25, 0.3) is 0 Å². The molecule has 0 fully saturated rings. The van der Waals surface area contributed by atoms with Gasteiger partial charge in [-0.25, -0.2) is 17.5 Å². The summed E-state index contributed by atoms with van der Waals surface area (Å²) in [5.74, 6) is 0.719. The molecule has 0 bridgehead atoms. The lowest BCUT2D eigenvalue weighted by atomic mass is 10.2. The molecule has 0 aliphatic carbocycles. The summed E-state index contributed by atoms with van der Waals surface area (Å²) in [5.41, 5.74) is 1.35. The smallest absolute Gasteiger partial charge is 0.341 e. The van der Waals surface area contributed by atoms with Gasteiger partial charge in [0, 0.05) is 20.6 Å². The van der Waals surface area contributed by atoms with Crippen molar-refractivity contribution in [1.29, 1.82) is 0 Å². The van der Waals surface area contributed by atoms with E-state index in [0.29, 0.717) is 30.2 Å². The highest BCUT2D eigenvalue weighted by atomic mass is 32.2. The Bertz CT molecular complexity index is 838. The quantitative estimate of drug-likeness (QED) is 0.753. The molecule has 0 aliphatic heterocycles. The normalized spacial score (nSPS) is 11.7. The monoisotopic (exact) mass is 366 g/mol. The molecular weight excluding hydrogens is 344 g/mol. The van der Waals surface area contributed by atoms with Gasteiger partial charge in [-0.15, -0.1) is 0 Å². The van der Waals surface area contributed by atoms with Crippen LogP contribution in [-0.2, 0) is 27.8 Å². The summed E-state index contributed by atoms with van der Waals surface area (Å²) in [7, 11) is 0.908. The van der Waals surface area contributed by atoms with Crippen molar-refractivity contribution in [2.24, 2.45) is 0 Å². The number of ether oxygens (including phenoxy) is 1. The fourth-order valence-corrected chi connectivity index (χ4v) is 3.17. The van der Waals surface area contributed by atoms with Crippen molar-refractivity contribution in [2.75, 3.05) is 21.2 Å². The van der Waals surface area contributed by atoms with E-state index in [4.69, 9.17) is 4.42 Å². The Morgan fingerprint density at radius 3 is 2.40 bits per heavy atom. The Morgan fingerprint density at radius 1 is 1.20 bits per heavy atom. The number of methoxy groups -OCH3 is 1. The van der Waals surface area contributed by atoms with Crippen LogP contribution >= 0.6 is 0 Å². The number of sulfonamides is 1. The first-order valence-corrected chi connectivity index (χ1v) is 9.09. The van der Waals surface area contributed by atoms with Crippen molar-refractivity contribution in [1.82, 2.24) is 9.62 Å². The van der Waals surface area contributed by atoms with Crippen LogP contribution in [0.5, 0.6) is 0 Å². The van der Waals surface area contributed by atoms with Crippen LogP contribution in [0.2, 0.25) is 0 Å². The van der Waals surface area contributed by atoms with E-state index in [9.17, 15) is 13.2 Å².